The highest BCUT2D eigenvalue weighted by Gasteiger charge is 2.10. The van der Waals surface area contributed by atoms with E-state index in [0.29, 0.717) is 24.3 Å². The van der Waals surface area contributed by atoms with Crippen molar-refractivity contribution in [3.8, 4) is 0 Å². The first-order valence-corrected chi connectivity index (χ1v) is 3.74. The molecule has 4 N–H and O–H groups in total. The fraction of sp³-hybridized carbons (Fsp3) is 0.286. The number of hydrogen-bond donors (Lipinski definition) is 2. The standard InChI is InChI=1S/C7H10N4O2/c8-2-1-6-3-5(9)4-7(10-6)11(12)13/h3-4H,1-2,8H2,(H2,9,10). The third-order valence-electron chi connectivity index (χ3n) is 1.47. The van der Waals surface area contributed by atoms with Crippen LogP contribution in [0.25, 0.3) is 0 Å². The molecule has 0 fully saturated rings. The molecule has 6 nitrogen and oxygen atoms in total. The Labute approximate surface area is 74.7 Å². The highest BCUT2D eigenvalue weighted by molar-refractivity contribution is 5.45. The van der Waals surface area contributed by atoms with Crippen molar-refractivity contribution in [2.45, 2.75) is 6.42 Å². The monoisotopic (exact) mass is 182 g/mol. The number of hydrogen-bond acceptors (Lipinski definition) is 5. The third kappa shape index (κ3) is 2.38. The van der Waals surface area contributed by atoms with Crippen molar-refractivity contribution in [3.05, 3.63) is 27.9 Å². The van der Waals surface area contributed by atoms with Gasteiger partial charge in [0.2, 0.25) is 0 Å². The lowest BCUT2D eigenvalue weighted by atomic mass is 10.2. The van der Waals surface area contributed by atoms with Crippen molar-refractivity contribution in [1.82, 2.24) is 4.98 Å². The lowest BCUT2D eigenvalue weighted by molar-refractivity contribution is -0.389. The quantitative estimate of drug-likeness (QED) is 0.508. The molecule has 0 bridgehead atoms. The number of pyridine rings is 1. The summed E-state index contributed by atoms with van der Waals surface area (Å²) in [5, 5.41) is 10.4. The van der Waals surface area contributed by atoms with E-state index in [1.165, 1.54) is 6.07 Å². The predicted molar refractivity (Wildman–Crippen MR) is 48.1 cm³/mol. The van der Waals surface area contributed by atoms with E-state index in [0.717, 1.165) is 0 Å². The van der Waals surface area contributed by atoms with Gasteiger partial charge in [-0.05, 0) is 9.91 Å². The average Bonchev–Trinajstić information content (AvgIpc) is 2.03. The molecule has 1 aromatic heterocycles. The van der Waals surface area contributed by atoms with Crippen LogP contribution in [0, 0.1) is 10.1 Å². The Balaban J connectivity index is 3.03. The van der Waals surface area contributed by atoms with Crippen LogP contribution < -0.4 is 11.5 Å². The molecule has 13 heavy (non-hydrogen) atoms. The molecule has 0 aliphatic rings. The summed E-state index contributed by atoms with van der Waals surface area (Å²) >= 11 is 0. The van der Waals surface area contributed by atoms with Crippen LogP contribution in [0.4, 0.5) is 11.5 Å². The number of rotatable bonds is 3. The fourth-order valence-corrected chi connectivity index (χ4v) is 0.964. The topological polar surface area (TPSA) is 108 Å². The number of nitro groups is 1. The van der Waals surface area contributed by atoms with Crippen molar-refractivity contribution in [2.24, 2.45) is 5.73 Å². The normalized spacial score (nSPS) is 9.92. The molecular formula is C7H10N4O2. The van der Waals surface area contributed by atoms with Gasteiger partial charge in [0.05, 0.1) is 6.07 Å². The largest absolute Gasteiger partial charge is 0.398 e. The number of nitrogen functional groups attached to an aromatic ring is 1. The van der Waals surface area contributed by atoms with Crippen molar-refractivity contribution < 1.29 is 4.92 Å². The fourth-order valence-electron chi connectivity index (χ4n) is 0.964. The van der Waals surface area contributed by atoms with Crippen LogP contribution >= 0.6 is 0 Å². The van der Waals surface area contributed by atoms with E-state index in [9.17, 15) is 10.1 Å². The minimum Gasteiger partial charge on any atom is -0.398 e. The molecule has 0 atom stereocenters. The minimum atomic E-state index is -0.573. The number of anilines is 1. The van der Waals surface area contributed by atoms with Gasteiger partial charge in [-0.1, -0.05) is 0 Å². The summed E-state index contributed by atoms with van der Waals surface area (Å²) in [6.45, 7) is 0.396. The maximum atomic E-state index is 10.4. The Bertz CT molecular complexity index is 326. The van der Waals surface area contributed by atoms with Gasteiger partial charge in [0.15, 0.2) is 5.69 Å². The maximum absolute atomic E-state index is 10.4. The Morgan fingerprint density at radius 2 is 2.23 bits per heavy atom. The summed E-state index contributed by atoms with van der Waals surface area (Å²) in [5.41, 5.74) is 11.6. The van der Waals surface area contributed by atoms with Gasteiger partial charge in [-0.3, -0.25) is 0 Å². The highest BCUT2D eigenvalue weighted by Crippen LogP contribution is 2.14. The van der Waals surface area contributed by atoms with Gasteiger partial charge in [0, 0.05) is 24.7 Å². The summed E-state index contributed by atoms with van der Waals surface area (Å²) in [6.07, 6.45) is 0.492. The first-order valence-electron chi connectivity index (χ1n) is 3.74. The predicted octanol–water partition coefficient (Wildman–Crippen LogP) is 0.0732. The van der Waals surface area contributed by atoms with Crippen LogP contribution in [-0.2, 0) is 6.42 Å². The van der Waals surface area contributed by atoms with Crippen molar-refractivity contribution >= 4 is 11.5 Å². The van der Waals surface area contributed by atoms with Crippen molar-refractivity contribution in [2.75, 3.05) is 12.3 Å². The molecule has 0 aromatic carbocycles. The van der Waals surface area contributed by atoms with Crippen LogP contribution in [0.5, 0.6) is 0 Å². The van der Waals surface area contributed by atoms with E-state index in [-0.39, 0.29) is 5.82 Å². The smallest absolute Gasteiger partial charge is 0.365 e. The zero-order valence-electron chi connectivity index (χ0n) is 6.93. The van der Waals surface area contributed by atoms with Gasteiger partial charge in [0.25, 0.3) is 0 Å². The first kappa shape index (κ1) is 9.40. The van der Waals surface area contributed by atoms with Crippen molar-refractivity contribution in [3.63, 3.8) is 0 Å². The van der Waals surface area contributed by atoms with Crippen LogP contribution in [0.3, 0.4) is 0 Å². The lowest BCUT2D eigenvalue weighted by Crippen LogP contribution is -2.06. The van der Waals surface area contributed by atoms with Crippen LogP contribution in [-0.4, -0.2) is 16.5 Å². The van der Waals surface area contributed by atoms with E-state index in [2.05, 4.69) is 4.98 Å². The third-order valence-corrected chi connectivity index (χ3v) is 1.47. The molecular weight excluding hydrogens is 172 g/mol. The van der Waals surface area contributed by atoms with E-state index in [4.69, 9.17) is 11.5 Å². The van der Waals surface area contributed by atoms with Crippen molar-refractivity contribution in [1.29, 1.82) is 0 Å². The molecule has 0 unspecified atom stereocenters. The molecule has 0 saturated heterocycles. The second-order valence-electron chi connectivity index (χ2n) is 2.55. The lowest BCUT2D eigenvalue weighted by Gasteiger charge is -1.97. The SMILES string of the molecule is NCCc1cc(N)cc([N+](=O)[O-])n1. The Kier molecular flexibility index (Phi) is 2.76. The van der Waals surface area contributed by atoms with Crippen LogP contribution in [0.2, 0.25) is 0 Å². The van der Waals surface area contributed by atoms with E-state index < -0.39 is 4.92 Å². The van der Waals surface area contributed by atoms with Gasteiger partial charge in [0.1, 0.15) is 0 Å². The van der Waals surface area contributed by atoms with Gasteiger partial charge >= 0.3 is 5.82 Å². The molecule has 70 valence electrons. The zero-order valence-corrected chi connectivity index (χ0v) is 6.93. The Hall–Kier alpha value is -1.69. The summed E-state index contributed by atoms with van der Waals surface area (Å²) in [5.74, 6) is -0.233. The van der Waals surface area contributed by atoms with E-state index >= 15 is 0 Å². The van der Waals surface area contributed by atoms with E-state index in [1.54, 1.807) is 6.07 Å². The summed E-state index contributed by atoms with van der Waals surface area (Å²) in [4.78, 5) is 13.6. The second kappa shape index (κ2) is 3.81. The Morgan fingerprint density at radius 3 is 2.77 bits per heavy atom. The maximum Gasteiger partial charge on any atom is 0.365 e. The Morgan fingerprint density at radius 1 is 1.54 bits per heavy atom. The van der Waals surface area contributed by atoms with Gasteiger partial charge < -0.3 is 21.6 Å². The molecule has 0 amide bonds. The number of aromatic nitrogens is 1. The molecule has 1 rings (SSSR count). The first-order chi connectivity index (χ1) is 6.13. The zero-order chi connectivity index (χ0) is 9.84. The molecule has 1 aromatic rings. The van der Waals surface area contributed by atoms with Gasteiger partial charge in [-0.15, -0.1) is 0 Å². The molecule has 0 spiro atoms. The van der Waals surface area contributed by atoms with Gasteiger partial charge in [-0.25, -0.2) is 0 Å². The molecule has 1 heterocycles. The van der Waals surface area contributed by atoms with Crippen LogP contribution in [0.1, 0.15) is 5.69 Å². The molecule has 6 heteroatoms. The van der Waals surface area contributed by atoms with Gasteiger partial charge in [-0.2, -0.15) is 0 Å². The summed E-state index contributed by atoms with van der Waals surface area (Å²) in [7, 11) is 0. The minimum absolute atomic E-state index is 0.233. The van der Waals surface area contributed by atoms with E-state index in [1.807, 2.05) is 0 Å². The molecule has 0 aliphatic carbocycles. The van der Waals surface area contributed by atoms with Crippen LogP contribution in [0.15, 0.2) is 12.1 Å². The summed E-state index contributed by atoms with van der Waals surface area (Å²) in [6, 6.07) is 2.81. The molecule has 0 aliphatic heterocycles. The summed E-state index contributed by atoms with van der Waals surface area (Å²) < 4.78 is 0. The molecule has 0 radical (unpaired) electrons. The molecule has 0 saturated carbocycles. The average molecular weight is 182 g/mol. The number of nitrogens with zero attached hydrogens (tertiary/aromatic N) is 2. The highest BCUT2D eigenvalue weighted by atomic mass is 16.6. The second-order valence-corrected chi connectivity index (χ2v) is 2.55. The number of nitrogens with two attached hydrogens (primary N) is 2.